The summed E-state index contributed by atoms with van der Waals surface area (Å²) in [6.07, 6.45) is 1.18. The number of rotatable bonds is 6. The zero-order chi connectivity index (χ0) is 17.5. The van der Waals surface area contributed by atoms with E-state index in [2.05, 4.69) is 5.32 Å². The number of hydrogen-bond donors (Lipinski definition) is 2. The molecule has 1 aromatic rings. The highest BCUT2D eigenvalue weighted by Gasteiger charge is 2.19. The fourth-order valence-corrected chi connectivity index (χ4v) is 2.90. The zero-order valence-electron chi connectivity index (χ0n) is 14.5. The van der Waals surface area contributed by atoms with E-state index in [-0.39, 0.29) is 17.9 Å². The molecule has 0 atom stereocenters. The molecule has 0 spiro atoms. The van der Waals surface area contributed by atoms with Gasteiger partial charge < -0.3 is 15.3 Å². The van der Waals surface area contributed by atoms with Crippen LogP contribution in [-0.2, 0) is 4.79 Å². The smallest absolute Gasteiger partial charge is 0.253 e. The van der Waals surface area contributed by atoms with E-state index in [1.807, 2.05) is 18.7 Å². The van der Waals surface area contributed by atoms with Crippen molar-refractivity contribution in [1.29, 1.82) is 0 Å². The van der Waals surface area contributed by atoms with Crippen LogP contribution in [0.3, 0.4) is 0 Å². The maximum atomic E-state index is 12.4. The van der Waals surface area contributed by atoms with Gasteiger partial charge in [0.05, 0.1) is 12.6 Å². The van der Waals surface area contributed by atoms with E-state index < -0.39 is 0 Å². The summed E-state index contributed by atoms with van der Waals surface area (Å²) >= 11 is 0. The van der Waals surface area contributed by atoms with Crippen LogP contribution in [0.2, 0.25) is 0 Å². The van der Waals surface area contributed by atoms with Crippen molar-refractivity contribution >= 4 is 17.5 Å². The number of carbonyl (C=O) groups is 2. The average Bonchev–Trinajstić information content (AvgIpc) is 2.58. The summed E-state index contributed by atoms with van der Waals surface area (Å²) in [6, 6.07) is 7.06. The van der Waals surface area contributed by atoms with E-state index in [0.717, 1.165) is 13.1 Å². The van der Waals surface area contributed by atoms with Crippen molar-refractivity contribution in [1.82, 2.24) is 9.80 Å². The number of nitrogens with zero attached hydrogens (tertiary/aromatic N) is 2. The molecule has 6 nitrogen and oxygen atoms in total. The van der Waals surface area contributed by atoms with Crippen molar-refractivity contribution < 1.29 is 14.7 Å². The Labute approximate surface area is 143 Å². The number of benzene rings is 1. The molecule has 0 bridgehead atoms. The van der Waals surface area contributed by atoms with Gasteiger partial charge in [-0.25, -0.2) is 0 Å². The third kappa shape index (κ3) is 5.04. The molecule has 24 heavy (non-hydrogen) atoms. The van der Waals surface area contributed by atoms with Gasteiger partial charge in [0.1, 0.15) is 0 Å². The van der Waals surface area contributed by atoms with Crippen molar-refractivity contribution in [3.63, 3.8) is 0 Å². The first-order chi connectivity index (χ1) is 11.5. The van der Waals surface area contributed by atoms with Gasteiger partial charge in [-0.3, -0.25) is 14.5 Å². The van der Waals surface area contributed by atoms with Gasteiger partial charge in [-0.15, -0.1) is 0 Å². The second-order valence-electron chi connectivity index (χ2n) is 6.11. The van der Waals surface area contributed by atoms with Crippen LogP contribution in [0.1, 0.15) is 37.0 Å². The molecule has 2 amide bonds. The molecule has 1 aliphatic rings. The van der Waals surface area contributed by atoms with E-state index in [0.29, 0.717) is 43.7 Å². The molecule has 1 fully saturated rings. The Morgan fingerprint density at radius 2 is 1.92 bits per heavy atom. The van der Waals surface area contributed by atoms with Crippen molar-refractivity contribution in [3.8, 4) is 0 Å². The Balaban J connectivity index is 1.94. The Morgan fingerprint density at radius 1 is 1.25 bits per heavy atom. The minimum atomic E-state index is -0.243. The second kappa shape index (κ2) is 8.80. The topological polar surface area (TPSA) is 72.9 Å². The van der Waals surface area contributed by atoms with Crippen molar-refractivity contribution in [3.05, 3.63) is 29.8 Å². The molecule has 2 N–H and O–H groups in total. The molecule has 0 aliphatic carbocycles. The zero-order valence-corrected chi connectivity index (χ0v) is 14.5. The van der Waals surface area contributed by atoms with Crippen LogP contribution in [0.5, 0.6) is 0 Å². The summed E-state index contributed by atoms with van der Waals surface area (Å²) in [4.78, 5) is 28.3. The molecular formula is C18H27N3O3. The largest absolute Gasteiger partial charge is 0.393 e. The third-order valence-corrected chi connectivity index (χ3v) is 4.37. The molecule has 1 aromatic carbocycles. The number of aliphatic hydroxyl groups excluding tert-OH is 1. The summed E-state index contributed by atoms with van der Waals surface area (Å²) < 4.78 is 0. The number of hydrogen-bond acceptors (Lipinski definition) is 4. The lowest BCUT2D eigenvalue weighted by Crippen LogP contribution is -2.40. The van der Waals surface area contributed by atoms with Crippen LogP contribution in [0, 0.1) is 0 Å². The van der Waals surface area contributed by atoms with Crippen molar-refractivity contribution in [2.24, 2.45) is 0 Å². The highest BCUT2D eigenvalue weighted by Crippen LogP contribution is 2.14. The van der Waals surface area contributed by atoms with Gasteiger partial charge in [-0.05, 0) is 44.9 Å². The SMILES string of the molecule is CCN(CC)C(=O)c1cccc(NC(=O)CN2CCC(O)CC2)c1. The molecular weight excluding hydrogens is 306 g/mol. The van der Waals surface area contributed by atoms with Gasteiger partial charge in [-0.1, -0.05) is 6.07 Å². The maximum Gasteiger partial charge on any atom is 0.253 e. The quantitative estimate of drug-likeness (QED) is 0.829. The Hall–Kier alpha value is -1.92. The predicted molar refractivity (Wildman–Crippen MR) is 94.0 cm³/mol. The molecule has 132 valence electrons. The lowest BCUT2D eigenvalue weighted by atomic mass is 10.1. The van der Waals surface area contributed by atoms with Crippen LogP contribution in [0.15, 0.2) is 24.3 Å². The van der Waals surface area contributed by atoms with Gasteiger partial charge in [0.2, 0.25) is 5.91 Å². The van der Waals surface area contributed by atoms with E-state index in [9.17, 15) is 14.7 Å². The summed E-state index contributed by atoms with van der Waals surface area (Å²) in [5.74, 6) is -0.125. The molecule has 2 rings (SSSR count). The first kappa shape index (κ1) is 18.4. The van der Waals surface area contributed by atoms with E-state index in [1.165, 1.54) is 0 Å². The summed E-state index contributed by atoms with van der Waals surface area (Å²) in [7, 11) is 0. The van der Waals surface area contributed by atoms with Gasteiger partial charge >= 0.3 is 0 Å². The summed E-state index contributed by atoms with van der Waals surface area (Å²) in [6.45, 7) is 6.98. The van der Waals surface area contributed by atoms with Crippen LogP contribution in [0.4, 0.5) is 5.69 Å². The van der Waals surface area contributed by atoms with Gasteiger partial charge in [0.15, 0.2) is 0 Å². The first-order valence-electron chi connectivity index (χ1n) is 8.63. The number of piperidine rings is 1. The number of nitrogens with one attached hydrogen (secondary N) is 1. The predicted octanol–water partition coefficient (Wildman–Crippen LogP) is 1.56. The van der Waals surface area contributed by atoms with Crippen LogP contribution in [0.25, 0.3) is 0 Å². The van der Waals surface area contributed by atoms with E-state index in [4.69, 9.17) is 0 Å². The molecule has 0 saturated carbocycles. The summed E-state index contributed by atoms with van der Waals surface area (Å²) in [5, 5.41) is 12.4. The number of carbonyl (C=O) groups excluding carboxylic acids is 2. The van der Waals surface area contributed by atoms with Gasteiger partial charge in [0, 0.05) is 37.4 Å². The van der Waals surface area contributed by atoms with Crippen LogP contribution < -0.4 is 5.32 Å². The maximum absolute atomic E-state index is 12.4. The number of anilines is 1. The Bertz CT molecular complexity index is 564. The van der Waals surface area contributed by atoms with Crippen molar-refractivity contribution in [2.75, 3.05) is 38.0 Å². The fraction of sp³-hybridized carbons (Fsp3) is 0.556. The molecule has 0 unspecified atom stereocenters. The van der Waals surface area contributed by atoms with Crippen LogP contribution >= 0.6 is 0 Å². The highest BCUT2D eigenvalue weighted by atomic mass is 16.3. The Morgan fingerprint density at radius 3 is 2.54 bits per heavy atom. The third-order valence-electron chi connectivity index (χ3n) is 4.37. The van der Waals surface area contributed by atoms with Gasteiger partial charge in [0.25, 0.3) is 5.91 Å². The normalized spacial score (nSPS) is 16.0. The average molecular weight is 333 g/mol. The molecule has 6 heteroatoms. The molecule has 0 radical (unpaired) electrons. The monoisotopic (exact) mass is 333 g/mol. The summed E-state index contributed by atoms with van der Waals surface area (Å²) in [5.41, 5.74) is 1.22. The minimum absolute atomic E-state index is 0.0267. The highest BCUT2D eigenvalue weighted by molar-refractivity contribution is 5.97. The van der Waals surface area contributed by atoms with Crippen molar-refractivity contribution in [2.45, 2.75) is 32.8 Å². The molecule has 0 aromatic heterocycles. The van der Waals surface area contributed by atoms with E-state index in [1.54, 1.807) is 29.2 Å². The van der Waals surface area contributed by atoms with Gasteiger partial charge in [-0.2, -0.15) is 0 Å². The van der Waals surface area contributed by atoms with E-state index >= 15 is 0 Å². The lowest BCUT2D eigenvalue weighted by Gasteiger charge is -2.28. The number of aliphatic hydroxyl groups is 1. The molecule has 1 aliphatic heterocycles. The molecule has 1 saturated heterocycles. The molecule has 1 heterocycles. The number of likely N-dealkylation sites (tertiary alicyclic amines) is 1. The van der Waals surface area contributed by atoms with Crippen LogP contribution in [-0.4, -0.2) is 65.5 Å². The number of amides is 2. The Kier molecular flexibility index (Phi) is 6.75. The fourth-order valence-electron chi connectivity index (χ4n) is 2.90. The first-order valence-corrected chi connectivity index (χ1v) is 8.63. The minimum Gasteiger partial charge on any atom is -0.393 e. The second-order valence-corrected chi connectivity index (χ2v) is 6.11. The standard InChI is InChI=1S/C18H27N3O3/c1-3-21(4-2)18(24)14-6-5-7-15(12-14)19-17(23)13-20-10-8-16(22)9-11-20/h5-7,12,16,22H,3-4,8-11,13H2,1-2H3,(H,19,23). The lowest BCUT2D eigenvalue weighted by molar-refractivity contribution is -0.117.